The number of carbonyl (C=O) groups is 1. The Morgan fingerprint density at radius 2 is 1.68 bits per heavy atom. The molecule has 7 heteroatoms. The first-order valence-corrected chi connectivity index (χ1v) is 8.51. The molecule has 3 aromatic rings. The zero-order valence-corrected chi connectivity index (χ0v) is 15.3. The molecule has 28 heavy (non-hydrogen) atoms. The van der Waals surface area contributed by atoms with Crippen LogP contribution in [0.25, 0.3) is 0 Å². The number of amides is 1. The fraction of sp³-hybridized carbons (Fsp3) is 0.143. The van der Waals surface area contributed by atoms with Gasteiger partial charge in [0.05, 0.1) is 28.7 Å². The molecule has 3 rings (SSSR count). The zero-order chi connectivity index (χ0) is 20.3. The van der Waals surface area contributed by atoms with Crippen LogP contribution >= 0.6 is 0 Å². The normalized spacial score (nSPS) is 11.2. The number of pyridine rings is 1. The highest BCUT2D eigenvalue weighted by Crippen LogP contribution is 2.34. The van der Waals surface area contributed by atoms with E-state index in [0.717, 1.165) is 22.9 Å². The minimum atomic E-state index is -4.56. The number of rotatable bonds is 4. The van der Waals surface area contributed by atoms with E-state index in [1.54, 1.807) is 12.3 Å². The van der Waals surface area contributed by atoms with Crippen molar-refractivity contribution in [1.82, 2.24) is 4.98 Å². The maximum Gasteiger partial charge on any atom is 0.418 e. The van der Waals surface area contributed by atoms with Crippen molar-refractivity contribution in [2.45, 2.75) is 20.0 Å². The van der Waals surface area contributed by atoms with E-state index in [0.29, 0.717) is 5.69 Å². The molecular formula is C21H18F3N3O. The number of hydrogen-bond acceptors (Lipinski definition) is 3. The summed E-state index contributed by atoms with van der Waals surface area (Å²) in [4.78, 5) is 16.5. The summed E-state index contributed by atoms with van der Waals surface area (Å²) in [7, 11) is 0. The number of aromatic nitrogens is 1. The van der Waals surface area contributed by atoms with Gasteiger partial charge in [-0.25, -0.2) is 0 Å². The summed E-state index contributed by atoms with van der Waals surface area (Å²) in [6.07, 6.45) is -1.71. The number of nitrogens with zero attached hydrogens (tertiary/aromatic N) is 1. The third-order valence-electron chi connectivity index (χ3n) is 4.36. The van der Waals surface area contributed by atoms with Gasteiger partial charge in [-0.15, -0.1) is 0 Å². The predicted octanol–water partition coefficient (Wildman–Crippen LogP) is 5.71. The van der Waals surface area contributed by atoms with E-state index in [9.17, 15) is 18.0 Å². The number of hydrogen-bond donors (Lipinski definition) is 2. The van der Waals surface area contributed by atoms with Crippen LogP contribution in [0.2, 0.25) is 0 Å². The molecule has 0 saturated carbocycles. The van der Waals surface area contributed by atoms with Crippen LogP contribution < -0.4 is 10.6 Å². The molecule has 0 saturated heterocycles. The predicted molar refractivity (Wildman–Crippen MR) is 103 cm³/mol. The van der Waals surface area contributed by atoms with E-state index < -0.39 is 17.6 Å². The molecule has 4 nitrogen and oxygen atoms in total. The summed E-state index contributed by atoms with van der Waals surface area (Å²) in [5.41, 5.74) is 2.53. The van der Waals surface area contributed by atoms with Crippen LogP contribution in [0.4, 0.5) is 30.2 Å². The van der Waals surface area contributed by atoms with E-state index in [1.165, 1.54) is 24.4 Å². The maximum absolute atomic E-state index is 13.1. The van der Waals surface area contributed by atoms with Crippen molar-refractivity contribution in [3.05, 3.63) is 83.2 Å². The minimum absolute atomic E-state index is 0.146. The molecule has 144 valence electrons. The molecule has 1 aromatic heterocycles. The molecule has 1 amide bonds. The highest BCUT2D eigenvalue weighted by molar-refractivity contribution is 6.05. The summed E-state index contributed by atoms with van der Waals surface area (Å²) in [6.45, 7) is 3.95. The molecule has 0 atom stereocenters. The van der Waals surface area contributed by atoms with E-state index in [2.05, 4.69) is 15.6 Å². The van der Waals surface area contributed by atoms with Gasteiger partial charge in [0.25, 0.3) is 5.91 Å². The van der Waals surface area contributed by atoms with Gasteiger partial charge in [0.15, 0.2) is 0 Å². The lowest BCUT2D eigenvalue weighted by Crippen LogP contribution is -2.17. The maximum atomic E-state index is 13.1. The Morgan fingerprint density at radius 1 is 0.964 bits per heavy atom. The van der Waals surface area contributed by atoms with Crippen molar-refractivity contribution in [3.63, 3.8) is 0 Å². The Bertz CT molecular complexity index is 1020. The topological polar surface area (TPSA) is 54.0 Å². The van der Waals surface area contributed by atoms with Crippen LogP contribution in [0.15, 0.2) is 60.9 Å². The lowest BCUT2D eigenvalue weighted by molar-refractivity contribution is -0.136. The van der Waals surface area contributed by atoms with Crippen molar-refractivity contribution >= 4 is 23.0 Å². The van der Waals surface area contributed by atoms with Gasteiger partial charge in [0.1, 0.15) is 0 Å². The number of halogens is 3. The molecule has 0 radical (unpaired) electrons. The van der Waals surface area contributed by atoms with Gasteiger partial charge in [-0.05, 0) is 49.2 Å². The SMILES string of the molecule is Cc1cccc(Nc2cncc(C(=O)Nc3ccccc3C(F)(F)F)c2)c1C. The number of alkyl halides is 3. The number of anilines is 3. The number of carbonyl (C=O) groups excluding carboxylic acids is 1. The summed E-state index contributed by atoms with van der Waals surface area (Å²) in [6, 6.07) is 12.2. The van der Waals surface area contributed by atoms with Gasteiger partial charge in [-0.1, -0.05) is 24.3 Å². The van der Waals surface area contributed by atoms with Crippen LogP contribution in [-0.2, 0) is 6.18 Å². The van der Waals surface area contributed by atoms with Gasteiger partial charge < -0.3 is 10.6 Å². The minimum Gasteiger partial charge on any atom is -0.354 e. The van der Waals surface area contributed by atoms with Gasteiger partial charge in [0, 0.05) is 11.9 Å². The fourth-order valence-electron chi connectivity index (χ4n) is 2.71. The van der Waals surface area contributed by atoms with Crippen molar-refractivity contribution in [3.8, 4) is 0 Å². The lowest BCUT2D eigenvalue weighted by atomic mass is 10.1. The third kappa shape index (κ3) is 4.31. The molecule has 1 heterocycles. The number of benzene rings is 2. The van der Waals surface area contributed by atoms with Crippen molar-refractivity contribution in [2.75, 3.05) is 10.6 Å². The average Bonchev–Trinajstić information content (AvgIpc) is 2.65. The second-order valence-corrected chi connectivity index (χ2v) is 6.33. The lowest BCUT2D eigenvalue weighted by Gasteiger charge is -2.14. The summed E-state index contributed by atoms with van der Waals surface area (Å²) in [5, 5.41) is 5.50. The van der Waals surface area contributed by atoms with E-state index in [1.807, 2.05) is 32.0 Å². The van der Waals surface area contributed by atoms with E-state index in [-0.39, 0.29) is 11.3 Å². The van der Waals surface area contributed by atoms with Crippen molar-refractivity contribution < 1.29 is 18.0 Å². The van der Waals surface area contributed by atoms with Gasteiger partial charge >= 0.3 is 6.18 Å². The Labute approximate surface area is 160 Å². The van der Waals surface area contributed by atoms with E-state index >= 15 is 0 Å². The molecule has 0 aliphatic rings. The molecule has 0 aliphatic heterocycles. The van der Waals surface area contributed by atoms with Crippen LogP contribution in [-0.4, -0.2) is 10.9 Å². The van der Waals surface area contributed by atoms with Crippen LogP contribution in [0.3, 0.4) is 0 Å². The fourth-order valence-corrected chi connectivity index (χ4v) is 2.71. The summed E-state index contributed by atoms with van der Waals surface area (Å²) in [5.74, 6) is -0.672. The highest BCUT2D eigenvalue weighted by Gasteiger charge is 2.33. The summed E-state index contributed by atoms with van der Waals surface area (Å²) >= 11 is 0. The monoisotopic (exact) mass is 385 g/mol. The van der Waals surface area contributed by atoms with Crippen LogP contribution in [0, 0.1) is 13.8 Å². The van der Waals surface area contributed by atoms with Crippen molar-refractivity contribution in [2.24, 2.45) is 0 Å². The molecule has 0 spiro atoms. The Balaban J connectivity index is 1.83. The Morgan fingerprint density at radius 3 is 2.43 bits per heavy atom. The Kier molecular flexibility index (Phi) is 5.35. The molecular weight excluding hydrogens is 367 g/mol. The number of aryl methyl sites for hydroxylation is 1. The first-order valence-electron chi connectivity index (χ1n) is 8.51. The van der Waals surface area contributed by atoms with Gasteiger partial charge in [0.2, 0.25) is 0 Å². The second kappa shape index (κ2) is 7.72. The molecule has 2 N–H and O–H groups in total. The van der Waals surface area contributed by atoms with Crippen LogP contribution in [0.1, 0.15) is 27.0 Å². The Hall–Kier alpha value is -3.35. The first kappa shape index (κ1) is 19.4. The summed E-state index contributed by atoms with van der Waals surface area (Å²) < 4.78 is 39.3. The van der Waals surface area contributed by atoms with Crippen molar-refractivity contribution in [1.29, 1.82) is 0 Å². The average molecular weight is 385 g/mol. The first-order chi connectivity index (χ1) is 13.3. The van der Waals surface area contributed by atoms with E-state index in [4.69, 9.17) is 0 Å². The third-order valence-corrected chi connectivity index (χ3v) is 4.36. The molecule has 0 bridgehead atoms. The quantitative estimate of drug-likeness (QED) is 0.605. The largest absolute Gasteiger partial charge is 0.418 e. The molecule has 0 fully saturated rings. The smallest absolute Gasteiger partial charge is 0.354 e. The van der Waals surface area contributed by atoms with Crippen LogP contribution in [0.5, 0.6) is 0 Å². The van der Waals surface area contributed by atoms with Gasteiger partial charge in [-0.2, -0.15) is 13.2 Å². The zero-order valence-electron chi connectivity index (χ0n) is 15.3. The van der Waals surface area contributed by atoms with Gasteiger partial charge in [-0.3, -0.25) is 9.78 Å². The molecule has 0 unspecified atom stereocenters. The molecule has 0 aliphatic carbocycles. The molecule has 2 aromatic carbocycles. The number of nitrogens with one attached hydrogen (secondary N) is 2. The standard InChI is InChI=1S/C21H18F3N3O/c1-13-6-5-9-18(14(13)2)26-16-10-15(11-25-12-16)20(28)27-19-8-4-3-7-17(19)21(22,23)24/h3-12,26H,1-2H3,(H,27,28). The second-order valence-electron chi connectivity index (χ2n) is 6.33. The number of para-hydroxylation sites is 1. The highest BCUT2D eigenvalue weighted by atomic mass is 19.4.